The third-order valence-corrected chi connectivity index (χ3v) is 8.99. The number of aromatic nitrogens is 1. The summed E-state index contributed by atoms with van der Waals surface area (Å²) in [5.41, 5.74) is 0.513. The van der Waals surface area contributed by atoms with Crippen molar-refractivity contribution in [3.8, 4) is 0 Å². The lowest BCUT2D eigenvalue weighted by Crippen LogP contribution is -2.50. The molecule has 3 aliphatic heterocycles. The number of sulfonamides is 1. The molecule has 3 aliphatic rings. The Kier molecular flexibility index (Phi) is 6.45. The van der Waals surface area contributed by atoms with E-state index in [1.165, 1.54) is 28.6 Å². The fourth-order valence-corrected chi connectivity index (χ4v) is 6.27. The highest BCUT2D eigenvalue weighted by atomic mass is 35.5. The standard InChI is InChI=1S/C23H26ClF2N5O3S/c24-20-12-16(23(25,26)17-14-27-15-17)13-21(28-20)29-8-10-30(11-9-29)35(33,34)19-5-3-18(4-6-19)31-7-1-2-22(31)32/h3-6,12-13,17,27H,1-2,7-11,14-15H2. The minimum absolute atomic E-state index is 0.0175. The van der Waals surface area contributed by atoms with Gasteiger partial charge in [-0.15, -0.1) is 0 Å². The van der Waals surface area contributed by atoms with Crippen molar-refractivity contribution in [2.75, 3.05) is 55.6 Å². The molecule has 1 N–H and O–H groups in total. The van der Waals surface area contributed by atoms with Crippen LogP contribution in [-0.4, -0.2) is 69.4 Å². The number of carbonyl (C=O) groups is 1. The molecule has 0 aliphatic carbocycles. The van der Waals surface area contributed by atoms with Crippen LogP contribution in [0.2, 0.25) is 5.15 Å². The van der Waals surface area contributed by atoms with Crippen molar-refractivity contribution >= 4 is 39.0 Å². The summed E-state index contributed by atoms with van der Waals surface area (Å²) in [7, 11) is -3.74. The van der Waals surface area contributed by atoms with Crippen LogP contribution in [0.4, 0.5) is 20.3 Å². The van der Waals surface area contributed by atoms with E-state index in [2.05, 4.69) is 10.3 Å². The number of anilines is 2. The Balaban J connectivity index is 1.27. The molecule has 12 heteroatoms. The van der Waals surface area contributed by atoms with Gasteiger partial charge in [0.15, 0.2) is 0 Å². The van der Waals surface area contributed by atoms with Gasteiger partial charge < -0.3 is 15.1 Å². The van der Waals surface area contributed by atoms with Gasteiger partial charge in [-0.05, 0) is 42.8 Å². The van der Waals surface area contributed by atoms with Crippen molar-refractivity contribution in [2.24, 2.45) is 5.92 Å². The lowest BCUT2D eigenvalue weighted by molar-refractivity contribution is -0.117. The monoisotopic (exact) mass is 525 g/mol. The number of pyridine rings is 1. The van der Waals surface area contributed by atoms with Crippen molar-refractivity contribution in [1.82, 2.24) is 14.6 Å². The van der Waals surface area contributed by atoms with E-state index in [1.54, 1.807) is 21.9 Å². The quantitative estimate of drug-likeness (QED) is 0.584. The average molecular weight is 526 g/mol. The number of amides is 1. The minimum Gasteiger partial charge on any atom is -0.354 e. The van der Waals surface area contributed by atoms with Gasteiger partial charge in [0.2, 0.25) is 15.9 Å². The second-order valence-electron chi connectivity index (χ2n) is 9.05. The summed E-state index contributed by atoms with van der Waals surface area (Å²) >= 11 is 6.07. The number of alkyl halides is 2. The number of nitrogens with zero attached hydrogens (tertiary/aromatic N) is 4. The van der Waals surface area contributed by atoms with E-state index in [0.717, 1.165) is 6.42 Å². The van der Waals surface area contributed by atoms with Crippen LogP contribution in [0, 0.1) is 5.92 Å². The number of hydrogen-bond donors (Lipinski definition) is 1. The van der Waals surface area contributed by atoms with Crippen LogP contribution < -0.4 is 15.1 Å². The summed E-state index contributed by atoms with van der Waals surface area (Å²) in [6.45, 7) is 2.08. The first-order valence-corrected chi connectivity index (χ1v) is 13.4. The lowest BCUT2D eigenvalue weighted by Gasteiger charge is -2.36. The molecule has 1 aromatic heterocycles. The highest BCUT2D eigenvalue weighted by molar-refractivity contribution is 7.89. The van der Waals surface area contributed by atoms with Gasteiger partial charge in [-0.25, -0.2) is 22.2 Å². The van der Waals surface area contributed by atoms with Crippen LogP contribution in [-0.2, 0) is 20.7 Å². The molecule has 188 valence electrons. The van der Waals surface area contributed by atoms with Crippen LogP contribution in [0.15, 0.2) is 41.3 Å². The number of nitrogens with one attached hydrogen (secondary N) is 1. The predicted molar refractivity (Wildman–Crippen MR) is 129 cm³/mol. The second-order valence-corrected chi connectivity index (χ2v) is 11.4. The number of rotatable bonds is 6. The predicted octanol–water partition coefficient (Wildman–Crippen LogP) is 2.68. The van der Waals surface area contributed by atoms with E-state index in [-0.39, 0.29) is 47.7 Å². The Labute approximate surface area is 207 Å². The summed E-state index contributed by atoms with van der Waals surface area (Å²) < 4.78 is 57.4. The summed E-state index contributed by atoms with van der Waals surface area (Å²) in [4.78, 5) is 19.7. The SMILES string of the molecule is O=C1CCCN1c1ccc(S(=O)(=O)N2CCN(c3cc(C(F)(F)C4CNC4)cc(Cl)n3)CC2)cc1. The van der Waals surface area contributed by atoms with Gasteiger partial charge in [0.1, 0.15) is 11.0 Å². The zero-order chi connectivity index (χ0) is 24.8. The molecule has 2 aromatic rings. The summed E-state index contributed by atoms with van der Waals surface area (Å²) in [5, 5.41) is 2.84. The van der Waals surface area contributed by atoms with Gasteiger partial charge >= 0.3 is 0 Å². The van der Waals surface area contributed by atoms with E-state index in [9.17, 15) is 22.0 Å². The molecule has 0 bridgehead atoms. The number of carbonyl (C=O) groups excluding carboxylic acids is 1. The highest BCUT2D eigenvalue weighted by Gasteiger charge is 2.45. The topological polar surface area (TPSA) is 85.9 Å². The molecule has 0 spiro atoms. The maximum Gasteiger partial charge on any atom is 0.278 e. The smallest absolute Gasteiger partial charge is 0.278 e. The molecule has 0 saturated carbocycles. The van der Waals surface area contributed by atoms with Gasteiger partial charge in [0.05, 0.1) is 10.8 Å². The Bertz CT molecular complexity index is 1220. The number of benzene rings is 1. The fourth-order valence-electron chi connectivity index (χ4n) is 4.64. The zero-order valence-electron chi connectivity index (χ0n) is 19.0. The first-order chi connectivity index (χ1) is 16.7. The van der Waals surface area contributed by atoms with Crippen molar-refractivity contribution in [1.29, 1.82) is 0 Å². The Morgan fingerprint density at radius 3 is 2.29 bits per heavy atom. The first kappa shape index (κ1) is 24.4. The minimum atomic E-state index is -3.74. The van der Waals surface area contributed by atoms with E-state index >= 15 is 0 Å². The van der Waals surface area contributed by atoms with E-state index in [1.807, 2.05) is 0 Å². The van der Waals surface area contributed by atoms with Crippen molar-refractivity contribution in [2.45, 2.75) is 23.7 Å². The molecule has 5 rings (SSSR count). The van der Waals surface area contributed by atoms with Crippen LogP contribution >= 0.6 is 11.6 Å². The van der Waals surface area contributed by atoms with Gasteiger partial charge in [-0.2, -0.15) is 4.31 Å². The van der Waals surface area contributed by atoms with Crippen LogP contribution in [0.5, 0.6) is 0 Å². The molecule has 1 amide bonds. The molecular formula is C23H26ClF2N5O3S. The maximum atomic E-state index is 14.8. The molecule has 8 nitrogen and oxygen atoms in total. The summed E-state index contributed by atoms with van der Waals surface area (Å²) in [6, 6.07) is 8.90. The van der Waals surface area contributed by atoms with E-state index < -0.39 is 21.9 Å². The first-order valence-electron chi connectivity index (χ1n) is 11.6. The number of piperazine rings is 1. The van der Waals surface area contributed by atoms with Crippen LogP contribution in [0.3, 0.4) is 0 Å². The van der Waals surface area contributed by atoms with Gasteiger partial charge in [0, 0.05) is 63.5 Å². The third-order valence-electron chi connectivity index (χ3n) is 6.88. The molecular weight excluding hydrogens is 500 g/mol. The normalized spacial score (nSPS) is 20.4. The highest BCUT2D eigenvalue weighted by Crippen LogP contribution is 2.40. The third kappa shape index (κ3) is 4.62. The van der Waals surface area contributed by atoms with Crippen LogP contribution in [0.25, 0.3) is 0 Å². The summed E-state index contributed by atoms with van der Waals surface area (Å²) in [5.74, 6) is -3.46. The van der Waals surface area contributed by atoms with Gasteiger partial charge in [-0.1, -0.05) is 11.6 Å². The van der Waals surface area contributed by atoms with E-state index in [0.29, 0.717) is 37.6 Å². The molecule has 0 unspecified atom stereocenters. The van der Waals surface area contributed by atoms with Crippen molar-refractivity contribution in [3.05, 3.63) is 47.1 Å². The average Bonchev–Trinajstić information content (AvgIpc) is 3.23. The number of halogens is 3. The Hall–Kier alpha value is -2.34. The Morgan fingerprint density at radius 1 is 1.03 bits per heavy atom. The van der Waals surface area contributed by atoms with Gasteiger partial charge in [0.25, 0.3) is 5.92 Å². The molecule has 3 fully saturated rings. The largest absolute Gasteiger partial charge is 0.354 e. The zero-order valence-corrected chi connectivity index (χ0v) is 20.5. The van der Waals surface area contributed by atoms with Gasteiger partial charge in [-0.3, -0.25) is 4.79 Å². The molecule has 1 aromatic carbocycles. The van der Waals surface area contributed by atoms with E-state index in [4.69, 9.17) is 11.6 Å². The fraction of sp³-hybridized carbons (Fsp3) is 0.478. The molecule has 4 heterocycles. The second kappa shape index (κ2) is 9.27. The van der Waals surface area contributed by atoms with Crippen LogP contribution in [0.1, 0.15) is 18.4 Å². The molecule has 35 heavy (non-hydrogen) atoms. The maximum absolute atomic E-state index is 14.8. The number of hydrogen-bond acceptors (Lipinski definition) is 6. The molecule has 0 radical (unpaired) electrons. The molecule has 3 saturated heterocycles. The van der Waals surface area contributed by atoms with Crippen molar-refractivity contribution in [3.63, 3.8) is 0 Å². The lowest BCUT2D eigenvalue weighted by atomic mass is 9.90. The Morgan fingerprint density at radius 2 is 1.71 bits per heavy atom. The van der Waals surface area contributed by atoms with Crippen molar-refractivity contribution < 1.29 is 22.0 Å². The molecule has 0 atom stereocenters. The summed E-state index contributed by atoms with van der Waals surface area (Å²) in [6.07, 6.45) is 1.30.